The van der Waals surface area contributed by atoms with E-state index in [2.05, 4.69) is 15.1 Å². The standard InChI is InChI=1S/C21H24FN3O2/c1-16(26)17-2-6-19(7-3-17)23-21(27)10-11-24-12-14-25(15-13-24)20-8-4-18(22)5-9-20/h2-9H,10-15H2,1H3,(H,23,27). The van der Waals surface area contributed by atoms with Gasteiger partial charge in [-0.1, -0.05) is 0 Å². The fourth-order valence-electron chi connectivity index (χ4n) is 3.15. The molecule has 0 radical (unpaired) electrons. The Morgan fingerprint density at radius 2 is 1.59 bits per heavy atom. The number of nitrogens with one attached hydrogen (secondary N) is 1. The van der Waals surface area contributed by atoms with Crippen molar-refractivity contribution >= 4 is 23.1 Å². The minimum absolute atomic E-state index is 0.00709. The lowest BCUT2D eigenvalue weighted by Gasteiger charge is -2.36. The number of hydrogen-bond acceptors (Lipinski definition) is 4. The van der Waals surface area contributed by atoms with Crippen molar-refractivity contribution < 1.29 is 14.0 Å². The molecule has 0 bridgehead atoms. The van der Waals surface area contributed by atoms with Gasteiger partial charge in [-0.3, -0.25) is 14.5 Å². The summed E-state index contributed by atoms with van der Waals surface area (Å²) < 4.78 is 13.0. The van der Waals surface area contributed by atoms with Crippen molar-refractivity contribution in [3.63, 3.8) is 0 Å². The lowest BCUT2D eigenvalue weighted by molar-refractivity contribution is -0.116. The normalized spacial score (nSPS) is 14.8. The summed E-state index contributed by atoms with van der Waals surface area (Å²) in [6, 6.07) is 13.5. The Bertz CT molecular complexity index is 782. The van der Waals surface area contributed by atoms with Gasteiger partial charge in [0.15, 0.2) is 5.78 Å². The quantitative estimate of drug-likeness (QED) is 0.795. The Balaban J connectivity index is 1.41. The number of amides is 1. The molecule has 3 rings (SSSR count). The highest BCUT2D eigenvalue weighted by Crippen LogP contribution is 2.17. The average Bonchev–Trinajstić information content (AvgIpc) is 2.68. The summed E-state index contributed by atoms with van der Waals surface area (Å²) in [5.41, 5.74) is 2.36. The van der Waals surface area contributed by atoms with Crippen LogP contribution in [0.5, 0.6) is 0 Å². The highest BCUT2D eigenvalue weighted by atomic mass is 19.1. The first-order valence-electron chi connectivity index (χ1n) is 9.15. The highest BCUT2D eigenvalue weighted by molar-refractivity contribution is 5.95. The van der Waals surface area contributed by atoms with E-state index >= 15 is 0 Å². The van der Waals surface area contributed by atoms with Crippen LogP contribution in [-0.4, -0.2) is 49.3 Å². The van der Waals surface area contributed by atoms with Gasteiger partial charge >= 0.3 is 0 Å². The first-order chi connectivity index (χ1) is 13.0. The zero-order valence-electron chi connectivity index (χ0n) is 15.5. The molecule has 1 aliphatic heterocycles. The molecule has 0 spiro atoms. The summed E-state index contributed by atoms with van der Waals surface area (Å²) in [6.07, 6.45) is 0.422. The third-order valence-electron chi connectivity index (χ3n) is 4.79. The second-order valence-corrected chi connectivity index (χ2v) is 6.74. The van der Waals surface area contributed by atoms with Gasteiger partial charge in [0, 0.05) is 56.1 Å². The zero-order valence-corrected chi connectivity index (χ0v) is 15.5. The van der Waals surface area contributed by atoms with Gasteiger partial charge in [-0.25, -0.2) is 4.39 Å². The SMILES string of the molecule is CC(=O)c1ccc(NC(=O)CCN2CCN(c3ccc(F)cc3)CC2)cc1. The van der Waals surface area contributed by atoms with E-state index in [0.717, 1.165) is 31.9 Å². The molecule has 0 unspecified atom stereocenters. The third-order valence-corrected chi connectivity index (χ3v) is 4.79. The lowest BCUT2D eigenvalue weighted by atomic mass is 10.1. The van der Waals surface area contributed by atoms with Gasteiger partial charge in [-0.15, -0.1) is 0 Å². The van der Waals surface area contributed by atoms with Crippen LogP contribution in [-0.2, 0) is 4.79 Å². The maximum absolute atomic E-state index is 13.0. The number of hydrogen-bond donors (Lipinski definition) is 1. The van der Waals surface area contributed by atoms with Crippen LogP contribution >= 0.6 is 0 Å². The summed E-state index contributed by atoms with van der Waals surface area (Å²) in [4.78, 5) is 27.9. The van der Waals surface area contributed by atoms with E-state index in [4.69, 9.17) is 0 Å². The molecule has 0 aromatic heterocycles. The van der Waals surface area contributed by atoms with Gasteiger partial charge in [-0.05, 0) is 55.5 Å². The summed E-state index contributed by atoms with van der Waals surface area (Å²) >= 11 is 0. The molecule has 1 N–H and O–H groups in total. The Morgan fingerprint density at radius 3 is 2.19 bits per heavy atom. The van der Waals surface area contributed by atoms with Gasteiger partial charge in [0.2, 0.25) is 5.91 Å². The summed E-state index contributed by atoms with van der Waals surface area (Å²) in [7, 11) is 0. The summed E-state index contributed by atoms with van der Waals surface area (Å²) in [5.74, 6) is -0.251. The van der Waals surface area contributed by atoms with Crippen molar-refractivity contribution in [1.29, 1.82) is 0 Å². The molecule has 1 saturated heterocycles. The van der Waals surface area contributed by atoms with Crippen molar-refractivity contribution in [1.82, 2.24) is 4.90 Å². The average molecular weight is 369 g/mol. The molecule has 0 atom stereocenters. The predicted octanol–water partition coefficient (Wildman–Crippen LogP) is 3.18. The summed E-state index contributed by atoms with van der Waals surface area (Å²) in [5, 5.41) is 2.86. The van der Waals surface area contributed by atoms with E-state index < -0.39 is 0 Å². The van der Waals surface area contributed by atoms with Crippen molar-refractivity contribution in [3.05, 3.63) is 59.9 Å². The molecule has 6 heteroatoms. The number of Topliss-reactive ketones (excluding diaryl/α,β-unsaturated/α-hetero) is 1. The molecule has 1 fully saturated rings. The molecule has 1 aliphatic rings. The molecular formula is C21H24FN3O2. The van der Waals surface area contributed by atoms with Crippen LogP contribution in [0.15, 0.2) is 48.5 Å². The first-order valence-corrected chi connectivity index (χ1v) is 9.15. The van der Waals surface area contributed by atoms with Crippen molar-refractivity contribution in [2.75, 3.05) is 42.9 Å². The van der Waals surface area contributed by atoms with E-state index in [1.165, 1.54) is 19.1 Å². The Labute approximate surface area is 158 Å². The minimum Gasteiger partial charge on any atom is -0.369 e. The molecule has 1 heterocycles. The number of rotatable bonds is 6. The van der Waals surface area contributed by atoms with E-state index in [1.54, 1.807) is 36.4 Å². The van der Waals surface area contributed by atoms with E-state index in [-0.39, 0.29) is 17.5 Å². The van der Waals surface area contributed by atoms with Crippen LogP contribution in [0.3, 0.4) is 0 Å². The fourth-order valence-corrected chi connectivity index (χ4v) is 3.15. The predicted molar refractivity (Wildman–Crippen MR) is 105 cm³/mol. The lowest BCUT2D eigenvalue weighted by Crippen LogP contribution is -2.47. The van der Waals surface area contributed by atoms with Crippen LogP contribution in [0.4, 0.5) is 15.8 Å². The van der Waals surface area contributed by atoms with E-state index in [0.29, 0.717) is 24.2 Å². The maximum atomic E-state index is 13.0. The smallest absolute Gasteiger partial charge is 0.225 e. The summed E-state index contributed by atoms with van der Waals surface area (Å²) in [6.45, 7) is 5.69. The fraction of sp³-hybridized carbons (Fsp3) is 0.333. The topological polar surface area (TPSA) is 52.7 Å². The van der Waals surface area contributed by atoms with E-state index in [1.807, 2.05) is 0 Å². The number of halogens is 1. The zero-order chi connectivity index (χ0) is 19.2. The highest BCUT2D eigenvalue weighted by Gasteiger charge is 2.18. The van der Waals surface area contributed by atoms with Crippen LogP contribution in [0.2, 0.25) is 0 Å². The van der Waals surface area contributed by atoms with E-state index in [9.17, 15) is 14.0 Å². The molecule has 0 aliphatic carbocycles. The van der Waals surface area contributed by atoms with Crippen molar-refractivity contribution in [3.8, 4) is 0 Å². The Hall–Kier alpha value is -2.73. The van der Waals surface area contributed by atoms with Crippen molar-refractivity contribution in [2.45, 2.75) is 13.3 Å². The number of carbonyl (C=O) groups excluding carboxylic acids is 2. The molecular weight excluding hydrogens is 345 g/mol. The van der Waals surface area contributed by atoms with Crippen LogP contribution in [0, 0.1) is 5.82 Å². The van der Waals surface area contributed by atoms with Crippen molar-refractivity contribution in [2.24, 2.45) is 0 Å². The number of anilines is 2. The van der Waals surface area contributed by atoms with Crippen LogP contribution in [0.25, 0.3) is 0 Å². The molecule has 0 saturated carbocycles. The first kappa shape index (κ1) is 19.0. The Kier molecular flexibility index (Phi) is 6.19. The largest absolute Gasteiger partial charge is 0.369 e. The molecule has 2 aromatic carbocycles. The monoisotopic (exact) mass is 369 g/mol. The second-order valence-electron chi connectivity index (χ2n) is 6.74. The molecule has 142 valence electrons. The number of benzene rings is 2. The van der Waals surface area contributed by atoms with Gasteiger partial charge in [0.05, 0.1) is 0 Å². The van der Waals surface area contributed by atoms with Gasteiger partial charge in [0.1, 0.15) is 5.82 Å². The number of carbonyl (C=O) groups is 2. The minimum atomic E-state index is -0.223. The maximum Gasteiger partial charge on any atom is 0.225 e. The number of nitrogens with zero attached hydrogens (tertiary/aromatic N) is 2. The number of ketones is 1. The molecule has 5 nitrogen and oxygen atoms in total. The molecule has 27 heavy (non-hydrogen) atoms. The number of piperazine rings is 1. The van der Waals surface area contributed by atoms with Gasteiger partial charge in [-0.2, -0.15) is 0 Å². The third kappa shape index (κ3) is 5.37. The molecule has 2 aromatic rings. The Morgan fingerprint density at radius 1 is 0.963 bits per heavy atom. The van der Waals surface area contributed by atoms with Crippen LogP contribution < -0.4 is 10.2 Å². The van der Waals surface area contributed by atoms with Gasteiger partial charge in [0.25, 0.3) is 0 Å². The van der Waals surface area contributed by atoms with Crippen LogP contribution in [0.1, 0.15) is 23.7 Å². The molecule has 1 amide bonds. The second kappa shape index (κ2) is 8.77. The van der Waals surface area contributed by atoms with Gasteiger partial charge < -0.3 is 10.2 Å².